The van der Waals surface area contributed by atoms with Crippen molar-refractivity contribution in [3.05, 3.63) is 83.3 Å². The van der Waals surface area contributed by atoms with Gasteiger partial charge in [-0.3, -0.25) is 4.79 Å². The van der Waals surface area contributed by atoms with Crippen LogP contribution in [0.1, 0.15) is 68.2 Å². The van der Waals surface area contributed by atoms with Crippen LogP contribution in [0.15, 0.2) is 54.9 Å². The molecule has 1 aromatic carbocycles. The summed E-state index contributed by atoms with van der Waals surface area (Å²) in [6, 6.07) is 11.9. The molecule has 160 valence electrons. The number of carbonyl (C=O) groups excluding carboxylic acids is 1. The Balaban J connectivity index is 1.86. The van der Waals surface area contributed by atoms with Gasteiger partial charge in [0.1, 0.15) is 17.6 Å². The van der Waals surface area contributed by atoms with E-state index in [9.17, 15) is 13.6 Å². The molecule has 3 nitrogen and oxygen atoms in total. The zero-order valence-corrected chi connectivity index (χ0v) is 18.6. The number of nitrogens with zero attached hydrogens (tertiary/aromatic N) is 2. The first kappa shape index (κ1) is 21.3. The van der Waals surface area contributed by atoms with Crippen molar-refractivity contribution < 1.29 is 22.7 Å². The molecule has 0 spiro atoms. The molecule has 0 aliphatic carbocycles. The minimum absolute atomic E-state index is 0.0340. The Morgan fingerprint density at radius 1 is 1.06 bits per heavy atom. The molecule has 4 rings (SSSR count). The van der Waals surface area contributed by atoms with E-state index in [1.807, 2.05) is 51.9 Å². The third-order valence-electron chi connectivity index (χ3n) is 6.31. The number of fused-ring (bicyclic) bond motifs is 3. The number of hydrogen-bond acceptors (Lipinski definition) is 1. The lowest BCUT2D eigenvalue weighted by atomic mass is 9.82. The summed E-state index contributed by atoms with van der Waals surface area (Å²) in [5, 5.41) is 0. The van der Waals surface area contributed by atoms with E-state index in [0.29, 0.717) is 23.4 Å². The van der Waals surface area contributed by atoms with Crippen molar-refractivity contribution in [1.82, 2.24) is 0 Å². The van der Waals surface area contributed by atoms with Crippen LogP contribution in [0, 0.1) is 11.6 Å². The van der Waals surface area contributed by atoms with Crippen molar-refractivity contribution >= 4 is 5.78 Å². The van der Waals surface area contributed by atoms with Crippen LogP contribution in [0.2, 0.25) is 0 Å². The molecule has 31 heavy (non-hydrogen) atoms. The summed E-state index contributed by atoms with van der Waals surface area (Å²) < 4.78 is 33.1. The Kier molecular flexibility index (Phi) is 5.24. The highest BCUT2D eigenvalue weighted by Gasteiger charge is 2.42. The summed E-state index contributed by atoms with van der Waals surface area (Å²) in [5.74, 6) is -1.39. The Labute approximate surface area is 182 Å². The molecule has 1 aliphatic heterocycles. The minimum Gasteiger partial charge on any atom is -0.288 e. The van der Waals surface area contributed by atoms with E-state index in [0.717, 1.165) is 17.3 Å². The number of aromatic nitrogens is 2. The molecule has 0 N–H and O–H groups in total. The van der Waals surface area contributed by atoms with E-state index in [2.05, 4.69) is 27.7 Å². The molecule has 0 amide bonds. The standard InChI is InChI=1S/C26H28F2N2O/c1-16-21(15-29-11-9-18(26(3,4)5)12-24(29)17(2)31)20-13-19(27)14-22(28)25(20)23-8-6-7-10-30(16)23/h6-14,16,21H,15H2,1-5H3/q+2. The van der Waals surface area contributed by atoms with Crippen molar-refractivity contribution in [1.29, 1.82) is 0 Å². The third kappa shape index (κ3) is 3.78. The van der Waals surface area contributed by atoms with Crippen LogP contribution >= 0.6 is 0 Å². The first-order chi connectivity index (χ1) is 14.6. The predicted molar refractivity (Wildman–Crippen MR) is 115 cm³/mol. The fourth-order valence-corrected chi connectivity index (χ4v) is 4.55. The van der Waals surface area contributed by atoms with Gasteiger partial charge in [-0.05, 0) is 35.6 Å². The highest BCUT2D eigenvalue weighted by molar-refractivity contribution is 5.90. The molecule has 2 atom stereocenters. The lowest BCUT2D eigenvalue weighted by Gasteiger charge is -2.27. The number of pyridine rings is 2. The summed E-state index contributed by atoms with van der Waals surface area (Å²) in [5.41, 5.74) is 3.39. The van der Waals surface area contributed by atoms with Crippen molar-refractivity contribution in [3.8, 4) is 11.3 Å². The molecule has 2 unspecified atom stereocenters. The third-order valence-corrected chi connectivity index (χ3v) is 6.31. The first-order valence-corrected chi connectivity index (χ1v) is 10.6. The minimum atomic E-state index is -0.585. The monoisotopic (exact) mass is 422 g/mol. The molecule has 0 radical (unpaired) electrons. The summed E-state index contributed by atoms with van der Waals surface area (Å²) in [4.78, 5) is 12.5. The van der Waals surface area contributed by atoms with Gasteiger partial charge in [0.25, 0.3) is 0 Å². The average molecular weight is 423 g/mol. The topological polar surface area (TPSA) is 24.8 Å². The quantitative estimate of drug-likeness (QED) is 0.428. The SMILES string of the molecule is CC(=O)c1cc(C(C)(C)C)cc[n+]1CC1c2cc(F)cc(F)c2-c2cccc[n+]2C1C. The number of hydrogen-bond donors (Lipinski definition) is 0. The van der Waals surface area contributed by atoms with E-state index in [4.69, 9.17) is 0 Å². The molecule has 3 heterocycles. The molecule has 0 bridgehead atoms. The summed E-state index contributed by atoms with van der Waals surface area (Å²) in [6.45, 7) is 10.4. The van der Waals surface area contributed by atoms with Gasteiger partial charge in [0.2, 0.25) is 17.2 Å². The zero-order chi connectivity index (χ0) is 22.5. The largest absolute Gasteiger partial charge is 0.288 e. The van der Waals surface area contributed by atoms with Crippen LogP contribution in [0.3, 0.4) is 0 Å². The molecule has 5 heteroatoms. The Bertz CT molecular complexity index is 1180. The summed E-state index contributed by atoms with van der Waals surface area (Å²) in [7, 11) is 0. The Hall–Kier alpha value is -2.95. The fraction of sp³-hybridized carbons (Fsp3) is 0.346. The maximum Gasteiger partial charge on any atom is 0.248 e. The molecule has 0 fully saturated rings. The van der Waals surface area contributed by atoms with Crippen LogP contribution < -0.4 is 9.13 Å². The fourth-order valence-electron chi connectivity index (χ4n) is 4.55. The van der Waals surface area contributed by atoms with Crippen LogP contribution in [-0.2, 0) is 12.0 Å². The van der Waals surface area contributed by atoms with E-state index >= 15 is 0 Å². The van der Waals surface area contributed by atoms with Crippen molar-refractivity contribution in [2.45, 2.75) is 58.5 Å². The molecule has 0 saturated carbocycles. The Morgan fingerprint density at radius 3 is 2.48 bits per heavy atom. The van der Waals surface area contributed by atoms with E-state index < -0.39 is 11.6 Å². The maximum atomic E-state index is 14.9. The molecule has 1 aliphatic rings. The second-order valence-electron chi connectivity index (χ2n) is 9.45. The van der Waals surface area contributed by atoms with E-state index in [1.165, 1.54) is 6.07 Å². The van der Waals surface area contributed by atoms with Gasteiger partial charge in [0.05, 0.1) is 5.56 Å². The number of benzene rings is 1. The van der Waals surface area contributed by atoms with Gasteiger partial charge in [-0.2, -0.15) is 9.13 Å². The van der Waals surface area contributed by atoms with Crippen LogP contribution in [0.5, 0.6) is 0 Å². The molecule has 2 aromatic heterocycles. The van der Waals surface area contributed by atoms with Gasteiger partial charge >= 0.3 is 0 Å². The second-order valence-corrected chi connectivity index (χ2v) is 9.45. The summed E-state index contributed by atoms with van der Waals surface area (Å²) in [6.07, 6.45) is 3.85. The normalized spacial score (nSPS) is 17.8. The van der Waals surface area contributed by atoms with E-state index in [1.54, 1.807) is 6.92 Å². The smallest absolute Gasteiger partial charge is 0.248 e. The number of ketones is 1. The molecular weight excluding hydrogens is 394 g/mol. The van der Waals surface area contributed by atoms with Gasteiger partial charge in [-0.1, -0.05) is 20.8 Å². The van der Waals surface area contributed by atoms with Gasteiger partial charge in [0.15, 0.2) is 25.0 Å². The highest BCUT2D eigenvalue weighted by Crippen LogP contribution is 2.40. The highest BCUT2D eigenvalue weighted by atomic mass is 19.1. The van der Waals surface area contributed by atoms with Gasteiger partial charge < -0.3 is 0 Å². The number of halogens is 2. The first-order valence-electron chi connectivity index (χ1n) is 10.6. The summed E-state index contributed by atoms with van der Waals surface area (Å²) >= 11 is 0. The second kappa shape index (κ2) is 7.63. The van der Waals surface area contributed by atoms with Crippen molar-refractivity contribution in [2.24, 2.45) is 0 Å². The van der Waals surface area contributed by atoms with Crippen molar-refractivity contribution in [2.75, 3.05) is 0 Å². The molecule has 0 saturated heterocycles. The van der Waals surface area contributed by atoms with Gasteiger partial charge in [-0.15, -0.1) is 0 Å². The average Bonchev–Trinajstić information content (AvgIpc) is 2.69. The van der Waals surface area contributed by atoms with Gasteiger partial charge in [0, 0.05) is 37.3 Å². The van der Waals surface area contributed by atoms with Crippen molar-refractivity contribution in [3.63, 3.8) is 0 Å². The lowest BCUT2D eigenvalue weighted by Crippen LogP contribution is -2.51. The number of Topliss-reactive ketones (excluding diaryl/α,β-unsaturated/α-hetero) is 1. The predicted octanol–water partition coefficient (Wildman–Crippen LogP) is 5.07. The molecule has 3 aromatic rings. The maximum absolute atomic E-state index is 14.9. The number of rotatable bonds is 3. The van der Waals surface area contributed by atoms with Crippen LogP contribution in [0.4, 0.5) is 8.78 Å². The zero-order valence-electron chi connectivity index (χ0n) is 18.6. The Morgan fingerprint density at radius 2 is 1.81 bits per heavy atom. The molecular formula is C26H28F2N2O+2. The number of carbonyl (C=O) groups is 1. The van der Waals surface area contributed by atoms with Crippen LogP contribution in [0.25, 0.3) is 11.3 Å². The van der Waals surface area contributed by atoms with Gasteiger partial charge in [-0.25, -0.2) is 8.78 Å². The van der Waals surface area contributed by atoms with Crippen LogP contribution in [-0.4, -0.2) is 5.78 Å². The lowest BCUT2D eigenvalue weighted by molar-refractivity contribution is -0.742. The van der Waals surface area contributed by atoms with E-state index in [-0.39, 0.29) is 23.2 Å².